The van der Waals surface area contributed by atoms with Crippen molar-refractivity contribution in [2.45, 2.75) is 13.8 Å². The normalized spacial score (nSPS) is 14.2. The van der Waals surface area contributed by atoms with Gasteiger partial charge in [0.2, 0.25) is 0 Å². The fraction of sp³-hybridized carbons (Fsp3) is 0.261. The van der Waals surface area contributed by atoms with Crippen LogP contribution in [0.1, 0.15) is 21.6 Å². The number of pyridine rings is 2. The van der Waals surface area contributed by atoms with Crippen molar-refractivity contribution in [1.82, 2.24) is 14.9 Å². The van der Waals surface area contributed by atoms with E-state index in [1.54, 1.807) is 12.4 Å². The van der Waals surface area contributed by atoms with Crippen LogP contribution < -0.4 is 4.90 Å². The van der Waals surface area contributed by atoms with Crippen LogP contribution in [-0.4, -0.2) is 47.0 Å². The molecule has 1 aromatic carbocycles. The van der Waals surface area contributed by atoms with Crippen molar-refractivity contribution in [3.63, 3.8) is 0 Å². The summed E-state index contributed by atoms with van der Waals surface area (Å²) in [6, 6.07) is 15.9. The van der Waals surface area contributed by atoms with Gasteiger partial charge >= 0.3 is 0 Å². The van der Waals surface area contributed by atoms with E-state index in [1.165, 1.54) is 5.56 Å². The maximum Gasteiger partial charge on any atom is 0.253 e. The van der Waals surface area contributed by atoms with E-state index in [2.05, 4.69) is 33.9 Å². The summed E-state index contributed by atoms with van der Waals surface area (Å²) in [5, 5.41) is 0. The zero-order valence-electron chi connectivity index (χ0n) is 16.3. The van der Waals surface area contributed by atoms with Crippen LogP contribution in [0.3, 0.4) is 0 Å². The molecule has 0 saturated carbocycles. The topological polar surface area (TPSA) is 49.3 Å². The number of carbonyl (C=O) groups excluding carboxylic acids is 1. The number of carbonyl (C=O) groups is 1. The third-order valence-corrected chi connectivity index (χ3v) is 5.12. The van der Waals surface area contributed by atoms with E-state index < -0.39 is 0 Å². The molecule has 4 rings (SSSR count). The molecule has 0 spiro atoms. The number of nitrogens with zero attached hydrogens (tertiary/aromatic N) is 4. The summed E-state index contributed by atoms with van der Waals surface area (Å²) in [5.74, 6) is 0.0920. The SMILES string of the molecule is Cc1cc(C)nc(-c2ccc(C(=O)N3CCN(c4ccncc4)CC3)cc2)c1. The fourth-order valence-corrected chi connectivity index (χ4v) is 3.68. The van der Waals surface area contributed by atoms with Gasteiger partial charge in [0.1, 0.15) is 0 Å². The Hall–Kier alpha value is -3.21. The van der Waals surface area contributed by atoms with Crippen LogP contribution in [0.4, 0.5) is 5.69 Å². The minimum absolute atomic E-state index is 0.0920. The van der Waals surface area contributed by atoms with Crippen molar-refractivity contribution in [2.75, 3.05) is 31.1 Å². The summed E-state index contributed by atoms with van der Waals surface area (Å²) in [6.07, 6.45) is 3.61. The summed E-state index contributed by atoms with van der Waals surface area (Å²) in [4.78, 5) is 25.8. The fourth-order valence-electron chi connectivity index (χ4n) is 3.68. The molecule has 0 radical (unpaired) electrons. The van der Waals surface area contributed by atoms with Gasteiger partial charge in [0.15, 0.2) is 0 Å². The quantitative estimate of drug-likeness (QED) is 0.703. The molecule has 0 unspecified atom stereocenters. The number of amides is 1. The number of anilines is 1. The molecule has 2 aromatic heterocycles. The van der Waals surface area contributed by atoms with Crippen molar-refractivity contribution >= 4 is 11.6 Å². The Morgan fingerprint density at radius 3 is 2.21 bits per heavy atom. The lowest BCUT2D eigenvalue weighted by Crippen LogP contribution is -2.48. The van der Waals surface area contributed by atoms with Gasteiger partial charge in [0.05, 0.1) is 5.69 Å². The Labute approximate surface area is 165 Å². The van der Waals surface area contributed by atoms with E-state index in [1.807, 2.05) is 48.2 Å². The lowest BCUT2D eigenvalue weighted by molar-refractivity contribution is 0.0747. The second kappa shape index (κ2) is 7.80. The maximum absolute atomic E-state index is 12.9. The minimum atomic E-state index is 0.0920. The molecule has 5 heteroatoms. The standard InChI is InChI=1S/C23H24N4O/c1-17-15-18(2)25-22(16-17)19-3-5-20(6-4-19)23(28)27-13-11-26(12-14-27)21-7-9-24-10-8-21/h3-10,15-16H,11-14H2,1-2H3. The second-order valence-electron chi connectivity index (χ2n) is 7.23. The van der Waals surface area contributed by atoms with E-state index >= 15 is 0 Å². The van der Waals surface area contributed by atoms with E-state index in [9.17, 15) is 4.79 Å². The molecule has 0 N–H and O–H groups in total. The van der Waals surface area contributed by atoms with Gasteiger partial charge in [0.25, 0.3) is 5.91 Å². The molecule has 1 fully saturated rings. The lowest BCUT2D eigenvalue weighted by atomic mass is 10.1. The summed E-state index contributed by atoms with van der Waals surface area (Å²) < 4.78 is 0. The first-order chi connectivity index (χ1) is 13.6. The smallest absolute Gasteiger partial charge is 0.253 e. The van der Waals surface area contributed by atoms with Crippen LogP contribution in [0.15, 0.2) is 60.9 Å². The maximum atomic E-state index is 12.9. The summed E-state index contributed by atoms with van der Waals surface area (Å²) in [7, 11) is 0. The highest BCUT2D eigenvalue weighted by Crippen LogP contribution is 2.21. The van der Waals surface area contributed by atoms with E-state index in [0.29, 0.717) is 0 Å². The van der Waals surface area contributed by atoms with E-state index in [-0.39, 0.29) is 5.91 Å². The zero-order valence-corrected chi connectivity index (χ0v) is 16.3. The van der Waals surface area contributed by atoms with Crippen molar-refractivity contribution in [1.29, 1.82) is 0 Å². The molecule has 1 amide bonds. The molecule has 1 aliphatic heterocycles. The van der Waals surface area contributed by atoms with Gasteiger partial charge in [-0.1, -0.05) is 12.1 Å². The van der Waals surface area contributed by atoms with Gasteiger partial charge in [0, 0.05) is 61.1 Å². The van der Waals surface area contributed by atoms with E-state index in [4.69, 9.17) is 0 Å². The first-order valence-electron chi connectivity index (χ1n) is 9.60. The van der Waals surface area contributed by atoms with Crippen molar-refractivity contribution in [3.8, 4) is 11.3 Å². The molecule has 0 atom stereocenters. The zero-order chi connectivity index (χ0) is 19.5. The average molecular weight is 372 g/mol. The first-order valence-corrected chi connectivity index (χ1v) is 9.60. The predicted octanol–water partition coefficient (Wildman–Crippen LogP) is 3.72. The third-order valence-electron chi connectivity index (χ3n) is 5.12. The third kappa shape index (κ3) is 3.88. The molecular formula is C23H24N4O. The molecule has 1 aliphatic rings. The Morgan fingerprint density at radius 2 is 1.57 bits per heavy atom. The highest BCUT2D eigenvalue weighted by atomic mass is 16.2. The Kier molecular flexibility index (Phi) is 5.06. The number of hydrogen-bond acceptors (Lipinski definition) is 4. The molecule has 5 nitrogen and oxygen atoms in total. The Morgan fingerprint density at radius 1 is 0.893 bits per heavy atom. The van der Waals surface area contributed by atoms with Crippen LogP contribution in [0.25, 0.3) is 11.3 Å². The van der Waals surface area contributed by atoms with Crippen LogP contribution in [0.5, 0.6) is 0 Å². The van der Waals surface area contributed by atoms with E-state index in [0.717, 1.165) is 54.4 Å². The highest BCUT2D eigenvalue weighted by molar-refractivity contribution is 5.94. The predicted molar refractivity (Wildman–Crippen MR) is 112 cm³/mol. The number of aryl methyl sites for hydroxylation is 2. The van der Waals surface area contributed by atoms with Crippen LogP contribution in [0, 0.1) is 13.8 Å². The number of piperazine rings is 1. The first kappa shape index (κ1) is 18.2. The van der Waals surface area contributed by atoms with Gasteiger partial charge in [-0.15, -0.1) is 0 Å². The molecule has 1 saturated heterocycles. The monoisotopic (exact) mass is 372 g/mol. The van der Waals surface area contributed by atoms with Crippen molar-refractivity contribution in [3.05, 3.63) is 77.7 Å². The number of hydrogen-bond donors (Lipinski definition) is 0. The summed E-state index contributed by atoms with van der Waals surface area (Å²) >= 11 is 0. The van der Waals surface area contributed by atoms with Gasteiger partial charge in [-0.25, -0.2) is 0 Å². The summed E-state index contributed by atoms with van der Waals surface area (Å²) in [6.45, 7) is 7.19. The van der Waals surface area contributed by atoms with Crippen molar-refractivity contribution in [2.24, 2.45) is 0 Å². The summed E-state index contributed by atoms with van der Waals surface area (Å²) in [5.41, 5.74) is 6.06. The molecule has 28 heavy (non-hydrogen) atoms. The molecular weight excluding hydrogens is 348 g/mol. The number of aromatic nitrogens is 2. The molecule has 3 aromatic rings. The minimum Gasteiger partial charge on any atom is -0.368 e. The van der Waals surface area contributed by atoms with Gasteiger partial charge in [-0.2, -0.15) is 0 Å². The Bertz CT molecular complexity index is 941. The molecule has 0 bridgehead atoms. The van der Waals surface area contributed by atoms with Crippen LogP contribution in [-0.2, 0) is 0 Å². The molecule has 142 valence electrons. The molecule has 0 aliphatic carbocycles. The second-order valence-corrected chi connectivity index (χ2v) is 7.23. The van der Waals surface area contributed by atoms with Crippen LogP contribution in [0.2, 0.25) is 0 Å². The number of benzene rings is 1. The lowest BCUT2D eigenvalue weighted by Gasteiger charge is -2.36. The largest absolute Gasteiger partial charge is 0.368 e. The Balaban J connectivity index is 1.43. The van der Waals surface area contributed by atoms with Gasteiger partial charge in [-0.3, -0.25) is 14.8 Å². The van der Waals surface area contributed by atoms with Crippen LogP contribution >= 0.6 is 0 Å². The van der Waals surface area contributed by atoms with Gasteiger partial charge in [-0.05, 0) is 55.8 Å². The number of rotatable bonds is 3. The average Bonchev–Trinajstić information content (AvgIpc) is 2.73. The highest BCUT2D eigenvalue weighted by Gasteiger charge is 2.22. The van der Waals surface area contributed by atoms with Gasteiger partial charge < -0.3 is 9.80 Å². The van der Waals surface area contributed by atoms with Crippen molar-refractivity contribution < 1.29 is 4.79 Å². The molecule has 3 heterocycles.